The smallest absolute Gasteiger partial charge is 0.322 e. The van der Waals surface area contributed by atoms with Gasteiger partial charge in [-0.15, -0.1) is 0 Å². The van der Waals surface area contributed by atoms with Crippen molar-refractivity contribution in [3.05, 3.63) is 40.0 Å². The van der Waals surface area contributed by atoms with Crippen LogP contribution in [0, 0.1) is 5.92 Å². The number of aromatic nitrogens is 2. The normalized spacial score (nSPS) is 23.3. The average Bonchev–Trinajstić information content (AvgIpc) is 3.15. The molecule has 2 fully saturated rings. The second-order valence-corrected chi connectivity index (χ2v) is 10.2. The van der Waals surface area contributed by atoms with Gasteiger partial charge in [-0.2, -0.15) is 5.10 Å². The van der Waals surface area contributed by atoms with Crippen LogP contribution in [0.5, 0.6) is 0 Å². The molecule has 1 saturated heterocycles. The Labute approximate surface area is 197 Å². The number of carbonyl (C=O) groups excluding carboxylic acids is 2. The standard InChI is InChI=1S/C22H28Cl2N6O2/c1-22(2,3)17-11-18(27-21(32)25-12-8-9-14(23)15(24)10-12)30(29-17)20-26-16-7-5-4-6-13(16)19(31)28-20/h8-11,13,16,20,26H,4-7H2,1-3H3,(H,28,31)(H2,25,27,32). The molecule has 10 heteroatoms. The number of benzene rings is 1. The number of anilines is 2. The van der Waals surface area contributed by atoms with Crippen LogP contribution in [-0.2, 0) is 10.2 Å². The lowest BCUT2D eigenvalue weighted by Gasteiger charge is -2.40. The molecule has 172 valence electrons. The molecule has 2 aromatic rings. The fourth-order valence-corrected chi connectivity index (χ4v) is 4.46. The Kier molecular flexibility index (Phi) is 6.38. The minimum atomic E-state index is -0.543. The lowest BCUT2D eigenvalue weighted by molar-refractivity contribution is -0.132. The SMILES string of the molecule is CC(C)(C)c1cc(NC(=O)Nc2ccc(Cl)c(Cl)c2)n(C2NC(=O)C3CCCCC3N2)n1. The van der Waals surface area contributed by atoms with Crippen molar-refractivity contribution in [2.24, 2.45) is 5.92 Å². The first-order valence-corrected chi connectivity index (χ1v) is 11.6. The molecule has 3 atom stereocenters. The molecule has 2 aliphatic rings. The van der Waals surface area contributed by atoms with Crippen molar-refractivity contribution < 1.29 is 9.59 Å². The zero-order valence-electron chi connectivity index (χ0n) is 18.3. The Balaban J connectivity index is 1.57. The van der Waals surface area contributed by atoms with Gasteiger partial charge in [-0.3, -0.25) is 15.4 Å². The molecule has 1 aromatic heterocycles. The second-order valence-electron chi connectivity index (χ2n) is 9.39. The van der Waals surface area contributed by atoms with Gasteiger partial charge in [0.1, 0.15) is 5.82 Å². The van der Waals surface area contributed by atoms with E-state index in [0.29, 0.717) is 21.6 Å². The van der Waals surface area contributed by atoms with E-state index in [-0.39, 0.29) is 23.3 Å². The number of amides is 3. The third-order valence-corrected chi connectivity index (χ3v) is 6.66. The van der Waals surface area contributed by atoms with E-state index in [1.165, 1.54) is 0 Å². The summed E-state index contributed by atoms with van der Waals surface area (Å²) in [6.45, 7) is 6.13. The molecule has 4 N–H and O–H groups in total. The van der Waals surface area contributed by atoms with Crippen molar-refractivity contribution >= 4 is 46.6 Å². The summed E-state index contributed by atoms with van der Waals surface area (Å²) in [7, 11) is 0. The van der Waals surface area contributed by atoms with Crippen LogP contribution in [0.3, 0.4) is 0 Å². The average molecular weight is 479 g/mol. The molecule has 2 heterocycles. The predicted octanol–water partition coefficient (Wildman–Crippen LogP) is 4.87. The van der Waals surface area contributed by atoms with E-state index < -0.39 is 12.3 Å². The van der Waals surface area contributed by atoms with Crippen LogP contribution in [0.2, 0.25) is 10.0 Å². The summed E-state index contributed by atoms with van der Waals surface area (Å²) in [5.74, 6) is 0.476. The summed E-state index contributed by atoms with van der Waals surface area (Å²) in [6.07, 6.45) is 3.46. The summed E-state index contributed by atoms with van der Waals surface area (Å²) in [5.41, 5.74) is 1.06. The molecule has 32 heavy (non-hydrogen) atoms. The van der Waals surface area contributed by atoms with E-state index in [9.17, 15) is 9.59 Å². The Hall–Kier alpha value is -2.29. The van der Waals surface area contributed by atoms with E-state index in [1.807, 2.05) is 26.8 Å². The fraction of sp³-hybridized carbons (Fsp3) is 0.500. The van der Waals surface area contributed by atoms with Crippen molar-refractivity contribution in [1.29, 1.82) is 0 Å². The van der Waals surface area contributed by atoms with Crippen molar-refractivity contribution in [2.75, 3.05) is 10.6 Å². The second kappa shape index (κ2) is 8.92. The molecule has 3 amide bonds. The number of urea groups is 1. The van der Waals surface area contributed by atoms with Crippen molar-refractivity contribution in [3.63, 3.8) is 0 Å². The van der Waals surface area contributed by atoms with E-state index in [0.717, 1.165) is 31.4 Å². The summed E-state index contributed by atoms with van der Waals surface area (Å²) in [5, 5.41) is 17.6. The van der Waals surface area contributed by atoms with Crippen LogP contribution >= 0.6 is 23.2 Å². The zero-order chi connectivity index (χ0) is 23.0. The molecule has 1 aliphatic heterocycles. The maximum atomic E-state index is 12.7. The highest BCUT2D eigenvalue weighted by molar-refractivity contribution is 6.42. The van der Waals surface area contributed by atoms with Gasteiger partial charge in [0, 0.05) is 23.2 Å². The van der Waals surface area contributed by atoms with Crippen molar-refractivity contribution in [3.8, 4) is 0 Å². The van der Waals surface area contributed by atoms with Crippen molar-refractivity contribution in [1.82, 2.24) is 20.4 Å². The summed E-state index contributed by atoms with van der Waals surface area (Å²) in [6, 6.07) is 6.33. The van der Waals surface area contributed by atoms with E-state index >= 15 is 0 Å². The number of nitrogens with one attached hydrogen (secondary N) is 4. The van der Waals surface area contributed by atoms with Gasteiger partial charge < -0.3 is 10.6 Å². The summed E-state index contributed by atoms with van der Waals surface area (Å²) < 4.78 is 1.64. The van der Waals surface area contributed by atoms with Gasteiger partial charge in [0.2, 0.25) is 5.91 Å². The van der Waals surface area contributed by atoms with Gasteiger partial charge in [-0.1, -0.05) is 56.8 Å². The van der Waals surface area contributed by atoms with Gasteiger partial charge in [0.25, 0.3) is 0 Å². The topological polar surface area (TPSA) is 100 Å². The molecule has 4 rings (SSSR count). The Bertz CT molecular complexity index is 1030. The molecule has 1 saturated carbocycles. The van der Waals surface area contributed by atoms with Crippen LogP contribution in [-0.4, -0.2) is 27.8 Å². The first-order chi connectivity index (χ1) is 15.1. The monoisotopic (exact) mass is 478 g/mol. The minimum Gasteiger partial charge on any atom is -0.322 e. The molecular weight excluding hydrogens is 451 g/mol. The van der Waals surface area contributed by atoms with Gasteiger partial charge in [-0.25, -0.2) is 9.48 Å². The molecule has 1 aromatic carbocycles. The fourth-order valence-electron chi connectivity index (χ4n) is 4.17. The predicted molar refractivity (Wildman–Crippen MR) is 126 cm³/mol. The third kappa shape index (κ3) is 4.87. The molecule has 8 nitrogen and oxygen atoms in total. The summed E-state index contributed by atoms with van der Waals surface area (Å²) >= 11 is 12.0. The van der Waals surface area contributed by atoms with Gasteiger partial charge in [-0.05, 0) is 31.0 Å². The number of rotatable bonds is 3. The lowest BCUT2D eigenvalue weighted by atomic mass is 9.83. The molecule has 0 radical (unpaired) electrons. The number of fused-ring (bicyclic) bond motifs is 1. The largest absolute Gasteiger partial charge is 0.324 e. The zero-order valence-corrected chi connectivity index (χ0v) is 19.8. The van der Waals surface area contributed by atoms with Crippen LogP contribution in [0.4, 0.5) is 16.3 Å². The number of halogens is 2. The van der Waals surface area contributed by atoms with E-state index in [4.69, 9.17) is 28.3 Å². The molecule has 0 spiro atoms. The highest BCUT2D eigenvalue weighted by atomic mass is 35.5. The maximum absolute atomic E-state index is 12.7. The van der Waals surface area contributed by atoms with Crippen LogP contribution in [0.1, 0.15) is 58.4 Å². The number of hydrogen-bond acceptors (Lipinski definition) is 4. The maximum Gasteiger partial charge on any atom is 0.324 e. The van der Waals surface area contributed by atoms with Crippen LogP contribution < -0.4 is 21.3 Å². The summed E-state index contributed by atoms with van der Waals surface area (Å²) in [4.78, 5) is 25.5. The lowest BCUT2D eigenvalue weighted by Crippen LogP contribution is -2.59. The number of hydrogen-bond donors (Lipinski definition) is 4. The number of nitrogens with zero attached hydrogens (tertiary/aromatic N) is 2. The molecule has 0 bridgehead atoms. The molecular formula is C22H28Cl2N6O2. The highest BCUT2D eigenvalue weighted by Crippen LogP contribution is 2.31. The first-order valence-electron chi connectivity index (χ1n) is 10.8. The quantitative estimate of drug-likeness (QED) is 0.505. The number of carbonyl (C=O) groups is 2. The molecule has 3 unspecified atom stereocenters. The third-order valence-electron chi connectivity index (χ3n) is 5.92. The Morgan fingerprint density at radius 3 is 2.59 bits per heavy atom. The Morgan fingerprint density at radius 1 is 1.12 bits per heavy atom. The highest BCUT2D eigenvalue weighted by Gasteiger charge is 2.39. The Morgan fingerprint density at radius 2 is 1.88 bits per heavy atom. The van der Waals surface area contributed by atoms with Gasteiger partial charge >= 0.3 is 6.03 Å². The van der Waals surface area contributed by atoms with Crippen LogP contribution in [0.15, 0.2) is 24.3 Å². The van der Waals surface area contributed by atoms with Crippen molar-refractivity contribution in [2.45, 2.75) is 64.2 Å². The van der Waals surface area contributed by atoms with E-state index in [1.54, 1.807) is 22.9 Å². The minimum absolute atomic E-state index is 0.0213. The van der Waals surface area contributed by atoms with Gasteiger partial charge in [0.15, 0.2) is 6.29 Å². The molecule has 1 aliphatic carbocycles. The first kappa shape index (κ1) is 22.9. The van der Waals surface area contributed by atoms with Crippen LogP contribution in [0.25, 0.3) is 0 Å². The van der Waals surface area contributed by atoms with E-state index in [2.05, 4.69) is 21.3 Å². The van der Waals surface area contributed by atoms with Gasteiger partial charge in [0.05, 0.1) is 21.7 Å².